The summed E-state index contributed by atoms with van der Waals surface area (Å²) in [4.78, 5) is 17.0. The Balaban J connectivity index is 0.000000123. The highest BCUT2D eigenvalue weighted by molar-refractivity contribution is 5.99. The van der Waals surface area contributed by atoms with Crippen LogP contribution in [0.1, 0.15) is 35.1 Å². The van der Waals surface area contributed by atoms with Crippen molar-refractivity contribution in [3.8, 4) is 23.0 Å². The molecule has 8 aliphatic rings. The van der Waals surface area contributed by atoms with Gasteiger partial charge in [-0.15, -0.1) is 0 Å². The number of nitrogens with zero attached hydrogens (tertiary/aromatic N) is 2. The van der Waals surface area contributed by atoms with Crippen LogP contribution in [-0.4, -0.2) is 99.7 Å². The van der Waals surface area contributed by atoms with Gasteiger partial charge in [-0.3, -0.25) is 14.6 Å². The fourth-order valence-electron chi connectivity index (χ4n) is 10.2. The first-order chi connectivity index (χ1) is 21.2. The van der Waals surface area contributed by atoms with Crippen LogP contribution in [-0.2, 0) is 28.5 Å². The van der Waals surface area contributed by atoms with Crippen LogP contribution < -0.4 is 9.47 Å². The van der Waals surface area contributed by atoms with E-state index in [0.29, 0.717) is 30.4 Å². The smallest absolute Gasteiger partial charge is 0.196 e. The molecule has 0 amide bonds. The maximum atomic E-state index is 12.4. The van der Waals surface area contributed by atoms with Crippen LogP contribution in [0.4, 0.5) is 0 Å². The number of hydrogen-bond acceptors (Lipinski definition) is 9. The van der Waals surface area contributed by atoms with Gasteiger partial charge in [0.25, 0.3) is 0 Å². The predicted molar refractivity (Wildman–Crippen MR) is 160 cm³/mol. The molecule has 9 nitrogen and oxygen atoms in total. The third-order valence-corrected chi connectivity index (χ3v) is 12.2. The van der Waals surface area contributed by atoms with Crippen LogP contribution in [0.25, 0.3) is 0 Å². The molecule has 0 saturated carbocycles. The number of hydrogen-bond donors (Lipinski definition) is 4. The lowest BCUT2D eigenvalue weighted by Gasteiger charge is -2.60. The highest BCUT2D eigenvalue weighted by Crippen LogP contribution is 2.64. The van der Waals surface area contributed by atoms with Gasteiger partial charge in [0, 0.05) is 23.2 Å². The molecular formula is C35H36N2O7. The molecule has 2 fully saturated rings. The monoisotopic (exact) mass is 596 g/mol. The molecule has 4 heterocycles. The standard InChI is InChI=1S/C18H19NO3.C17H17NO4/c1-19-7-6-18-12-4-2-11(9-20)17(18)22-16-14(21)5-3-10(15(16)18)8-13(12)19;1-18-7-6-16-13-9-2-3-10(19)14(13)22-15(16)11(20)4-5-17(16,21)12(18)8-9/h2-5,13,17,20-21H,6-9H2,1H3;2-5,12,15,19,21H,6-8H2,1H3/t13-,17+,18+;12-,15+,16+,17-/m11/s1. The number of likely N-dealkylation sites (N-methyl/N-ethyl adjacent to an activating group) is 2. The number of aliphatic hydroxyl groups is 2. The molecule has 0 unspecified atom stereocenters. The van der Waals surface area contributed by atoms with Crippen molar-refractivity contribution in [1.82, 2.24) is 9.80 Å². The number of aromatic hydroxyl groups is 2. The van der Waals surface area contributed by atoms with Gasteiger partial charge in [-0.2, -0.15) is 0 Å². The van der Waals surface area contributed by atoms with Crippen molar-refractivity contribution >= 4 is 5.78 Å². The number of aliphatic hydroxyl groups excluding tert-OH is 1. The first kappa shape index (κ1) is 26.7. The topological polar surface area (TPSA) is 123 Å². The number of piperidine rings is 2. The quantitative estimate of drug-likeness (QED) is 0.392. The summed E-state index contributed by atoms with van der Waals surface area (Å²) < 4.78 is 12.1. The first-order valence-electron chi connectivity index (χ1n) is 15.6. The number of ketones is 1. The van der Waals surface area contributed by atoms with Crippen LogP contribution in [0.2, 0.25) is 0 Å². The third kappa shape index (κ3) is 2.88. The van der Waals surface area contributed by atoms with Crippen LogP contribution in [0.15, 0.2) is 59.7 Å². The Morgan fingerprint density at radius 2 is 1.57 bits per heavy atom. The van der Waals surface area contributed by atoms with Crippen molar-refractivity contribution in [2.45, 2.75) is 66.4 Å². The fraction of sp³-hybridized carbons (Fsp3) is 0.457. The van der Waals surface area contributed by atoms with E-state index in [1.54, 1.807) is 18.2 Å². The van der Waals surface area contributed by atoms with Crippen molar-refractivity contribution in [1.29, 1.82) is 0 Å². The summed E-state index contributed by atoms with van der Waals surface area (Å²) in [5, 5.41) is 41.8. The van der Waals surface area contributed by atoms with E-state index in [1.165, 1.54) is 22.8 Å². The average Bonchev–Trinajstić information content (AvgIpc) is 3.56. The normalized spacial score (nSPS) is 38.0. The van der Waals surface area contributed by atoms with Gasteiger partial charge in [-0.25, -0.2) is 0 Å². The lowest BCUT2D eigenvalue weighted by atomic mass is 9.51. The van der Waals surface area contributed by atoms with Crippen molar-refractivity contribution in [2.75, 3.05) is 33.8 Å². The Bertz CT molecular complexity index is 1760. The number of likely N-dealkylation sites (tertiary alicyclic amines) is 2. The lowest BCUT2D eigenvalue weighted by molar-refractivity contribution is -0.151. The minimum atomic E-state index is -1.13. The molecule has 2 aromatic rings. The number of ether oxygens (including phenoxy) is 2. The Labute approximate surface area is 255 Å². The minimum absolute atomic E-state index is 0.000780. The number of carbonyl (C=O) groups is 1. The number of allylic oxidation sites excluding steroid dienone is 2. The molecule has 7 atom stereocenters. The summed E-state index contributed by atoms with van der Waals surface area (Å²) in [5.74, 6) is 1.17. The number of carbonyl (C=O) groups excluding carboxylic acids is 1. The van der Waals surface area contributed by atoms with E-state index >= 15 is 0 Å². The van der Waals surface area contributed by atoms with Gasteiger partial charge in [0.15, 0.2) is 34.9 Å². The van der Waals surface area contributed by atoms with Crippen molar-refractivity contribution in [3.05, 3.63) is 82.0 Å². The molecule has 4 aliphatic heterocycles. The maximum absolute atomic E-state index is 12.4. The molecule has 228 valence electrons. The maximum Gasteiger partial charge on any atom is 0.196 e. The van der Waals surface area contributed by atoms with E-state index in [1.807, 2.05) is 25.3 Å². The largest absolute Gasteiger partial charge is 0.504 e. The zero-order chi connectivity index (χ0) is 30.3. The molecule has 4 bridgehead atoms. The molecule has 9 heteroatoms. The van der Waals surface area contributed by atoms with E-state index in [-0.39, 0.29) is 41.4 Å². The van der Waals surface area contributed by atoms with Crippen molar-refractivity contribution in [2.24, 2.45) is 0 Å². The SMILES string of the molecule is CN1CC[C@@]23C4=CC=C(CO)[C@@H]2Oc2c(O)ccc(c23)C[C@H]41.CN1CC[C@]23c4c5ccc(O)c4O[C@H]2C(=O)C=C[C@@]3(O)[C@H]1C5. The molecule has 4 N–H and O–H groups in total. The van der Waals surface area contributed by atoms with Gasteiger partial charge >= 0.3 is 0 Å². The van der Waals surface area contributed by atoms with Crippen molar-refractivity contribution in [3.63, 3.8) is 0 Å². The van der Waals surface area contributed by atoms with Crippen LogP contribution in [0.3, 0.4) is 0 Å². The molecule has 0 aromatic heterocycles. The summed E-state index contributed by atoms with van der Waals surface area (Å²) in [6.45, 7) is 1.80. The van der Waals surface area contributed by atoms with Gasteiger partial charge in [-0.1, -0.05) is 24.3 Å². The summed E-state index contributed by atoms with van der Waals surface area (Å²) in [6, 6.07) is 7.62. The Morgan fingerprint density at radius 1 is 0.886 bits per heavy atom. The highest BCUT2D eigenvalue weighted by Gasteiger charge is 2.71. The van der Waals surface area contributed by atoms with Crippen LogP contribution >= 0.6 is 0 Å². The van der Waals surface area contributed by atoms with Crippen LogP contribution in [0, 0.1) is 0 Å². The number of phenols is 2. The highest BCUT2D eigenvalue weighted by atomic mass is 16.5. The molecule has 4 aliphatic carbocycles. The van der Waals surface area contributed by atoms with Gasteiger partial charge in [0.1, 0.15) is 11.7 Å². The number of rotatable bonds is 1. The second kappa shape index (κ2) is 8.54. The second-order valence-electron chi connectivity index (χ2n) is 13.8. The molecule has 2 spiro atoms. The first-order valence-corrected chi connectivity index (χ1v) is 15.6. The molecule has 10 rings (SSSR count). The van der Waals surface area contributed by atoms with E-state index in [2.05, 4.69) is 22.9 Å². The van der Waals surface area contributed by atoms with E-state index in [4.69, 9.17) is 9.47 Å². The second-order valence-corrected chi connectivity index (χ2v) is 13.8. The van der Waals surface area contributed by atoms with E-state index < -0.39 is 17.1 Å². The van der Waals surface area contributed by atoms with Gasteiger partial charge < -0.3 is 29.9 Å². The number of phenolic OH excluding ortho intramolecular Hbond substituents is 2. The average molecular weight is 597 g/mol. The van der Waals surface area contributed by atoms with Crippen molar-refractivity contribution < 1.29 is 34.7 Å². The Hall–Kier alpha value is -3.63. The molecule has 2 saturated heterocycles. The lowest BCUT2D eigenvalue weighted by Crippen LogP contribution is -2.74. The Morgan fingerprint density at radius 3 is 2.32 bits per heavy atom. The fourth-order valence-corrected chi connectivity index (χ4v) is 10.2. The van der Waals surface area contributed by atoms with Gasteiger partial charge in [0.05, 0.1) is 17.4 Å². The summed E-state index contributed by atoms with van der Waals surface area (Å²) in [6.07, 6.45) is 9.67. The van der Waals surface area contributed by atoms with Crippen LogP contribution in [0.5, 0.6) is 23.0 Å². The van der Waals surface area contributed by atoms with Gasteiger partial charge in [-0.05, 0) is 99.4 Å². The zero-order valence-electron chi connectivity index (χ0n) is 24.8. The van der Waals surface area contributed by atoms with E-state index in [9.17, 15) is 25.2 Å². The minimum Gasteiger partial charge on any atom is -0.504 e. The predicted octanol–water partition coefficient (Wildman–Crippen LogP) is 2.03. The number of benzene rings is 2. The Kier molecular flexibility index (Phi) is 5.19. The van der Waals surface area contributed by atoms with Gasteiger partial charge in [0.2, 0.25) is 0 Å². The molecular weight excluding hydrogens is 560 g/mol. The zero-order valence-corrected chi connectivity index (χ0v) is 24.8. The summed E-state index contributed by atoms with van der Waals surface area (Å²) >= 11 is 0. The summed E-state index contributed by atoms with van der Waals surface area (Å²) in [5.41, 5.74) is 4.58. The third-order valence-electron chi connectivity index (χ3n) is 12.2. The molecule has 44 heavy (non-hydrogen) atoms. The summed E-state index contributed by atoms with van der Waals surface area (Å²) in [7, 11) is 4.19. The van der Waals surface area contributed by atoms with E-state index in [0.717, 1.165) is 42.6 Å². The molecule has 2 aromatic carbocycles. The molecule has 0 radical (unpaired) electrons.